The van der Waals surface area contributed by atoms with Gasteiger partial charge in [-0.2, -0.15) is 0 Å². The minimum atomic E-state index is -0.537. The summed E-state index contributed by atoms with van der Waals surface area (Å²) in [6.45, 7) is 8.23. The van der Waals surface area contributed by atoms with Gasteiger partial charge in [0.15, 0.2) is 6.29 Å². The van der Waals surface area contributed by atoms with Crippen LogP contribution in [0.1, 0.15) is 27.7 Å². The predicted octanol–water partition coefficient (Wildman–Crippen LogP) is 0.748. The molecule has 1 atom stereocenters. The number of hydrogen-bond donors (Lipinski definition) is 2. The van der Waals surface area contributed by atoms with E-state index in [2.05, 4.69) is 5.32 Å². The zero-order valence-electron chi connectivity index (χ0n) is 12.8. The fraction of sp³-hybridized carbons (Fsp3) is 0.917. The Morgan fingerprint density at radius 1 is 1.11 bits per heavy atom. The summed E-state index contributed by atoms with van der Waals surface area (Å²) in [4.78, 5) is 11.0. The van der Waals surface area contributed by atoms with Gasteiger partial charge in [-0.25, -0.2) is 0 Å². The maximum Gasteiger partial charge on any atom is 0.234 e. The Balaban J connectivity index is -0.000000506. The molecule has 3 N–H and O–H groups in total. The van der Waals surface area contributed by atoms with Crippen molar-refractivity contribution in [1.29, 1.82) is 0 Å². The van der Waals surface area contributed by atoms with Crippen molar-refractivity contribution >= 4 is 5.91 Å². The number of amides is 1. The van der Waals surface area contributed by atoms with Gasteiger partial charge in [-0.1, -0.05) is 27.7 Å². The summed E-state index contributed by atoms with van der Waals surface area (Å²) < 4.78 is 14.9. The maximum absolute atomic E-state index is 11.0. The Labute approximate surface area is 111 Å². The summed E-state index contributed by atoms with van der Waals surface area (Å²) in [6.07, 6.45) is -0.537. The average molecular weight is 266 g/mol. The minimum absolute atomic E-state index is 0.0691. The van der Waals surface area contributed by atoms with Gasteiger partial charge in [0.2, 0.25) is 5.91 Å². The molecule has 1 amide bonds. The second-order valence-electron chi connectivity index (χ2n) is 2.67. The normalized spacial score (nSPS) is 10.7. The van der Waals surface area contributed by atoms with Gasteiger partial charge in [-0.05, 0) is 0 Å². The Bertz CT molecular complexity index is 164. The van der Waals surface area contributed by atoms with Crippen molar-refractivity contribution in [2.75, 3.05) is 34.5 Å². The first-order chi connectivity index (χ1) is 8.69. The van der Waals surface area contributed by atoms with E-state index in [1.54, 1.807) is 0 Å². The quantitative estimate of drug-likeness (QED) is 0.664. The van der Waals surface area contributed by atoms with Crippen molar-refractivity contribution < 1.29 is 19.0 Å². The zero-order valence-corrected chi connectivity index (χ0v) is 12.8. The molecule has 0 fully saturated rings. The molecule has 18 heavy (non-hydrogen) atoms. The van der Waals surface area contributed by atoms with Gasteiger partial charge in [0.1, 0.15) is 6.04 Å². The van der Waals surface area contributed by atoms with Crippen LogP contribution in [-0.4, -0.2) is 52.7 Å². The first-order valence-electron chi connectivity index (χ1n) is 6.23. The first-order valence-corrected chi connectivity index (χ1v) is 6.23. The first kappa shape index (κ1) is 22.5. The van der Waals surface area contributed by atoms with Gasteiger partial charge in [0.05, 0.1) is 13.2 Å². The number of methoxy groups -OCH3 is 3. The molecule has 112 valence electrons. The van der Waals surface area contributed by atoms with E-state index in [1.807, 2.05) is 27.7 Å². The monoisotopic (exact) mass is 266 g/mol. The number of hydrogen-bond acceptors (Lipinski definition) is 5. The largest absolute Gasteiger partial charge is 0.382 e. The summed E-state index contributed by atoms with van der Waals surface area (Å²) in [5.41, 5.74) is 5.17. The van der Waals surface area contributed by atoms with Crippen LogP contribution in [0.15, 0.2) is 0 Å². The number of nitrogens with two attached hydrogens (primary N) is 1. The molecule has 0 aromatic rings. The summed E-state index contributed by atoms with van der Waals surface area (Å²) >= 11 is 0. The highest BCUT2D eigenvalue weighted by Crippen LogP contribution is 1.99. The highest BCUT2D eigenvalue weighted by Gasteiger charge is 2.22. The van der Waals surface area contributed by atoms with E-state index in [1.165, 1.54) is 21.3 Å². The molecule has 0 aliphatic carbocycles. The van der Waals surface area contributed by atoms with Gasteiger partial charge in [0, 0.05) is 21.3 Å². The van der Waals surface area contributed by atoms with E-state index >= 15 is 0 Å². The molecule has 6 heteroatoms. The number of carbonyl (C=O) groups is 1. The van der Waals surface area contributed by atoms with E-state index in [0.717, 1.165) is 0 Å². The van der Waals surface area contributed by atoms with Crippen LogP contribution in [0.2, 0.25) is 0 Å². The highest BCUT2D eigenvalue weighted by molar-refractivity contribution is 5.78. The molecule has 0 saturated heterocycles. The zero-order chi connectivity index (χ0) is 15.0. The molecular formula is C12H30N2O4. The molecule has 1 unspecified atom stereocenters. The Morgan fingerprint density at radius 2 is 1.56 bits per heavy atom. The van der Waals surface area contributed by atoms with Gasteiger partial charge < -0.3 is 25.3 Å². The highest BCUT2D eigenvalue weighted by atomic mass is 16.7. The fourth-order valence-corrected chi connectivity index (χ4v) is 1.06. The molecule has 0 rings (SSSR count). The lowest BCUT2D eigenvalue weighted by molar-refractivity contribution is -0.142. The topological polar surface area (TPSA) is 82.8 Å². The van der Waals surface area contributed by atoms with E-state index in [-0.39, 0.29) is 18.5 Å². The van der Waals surface area contributed by atoms with Gasteiger partial charge >= 0.3 is 0 Å². The van der Waals surface area contributed by atoms with E-state index in [0.29, 0.717) is 6.61 Å². The van der Waals surface area contributed by atoms with E-state index in [4.69, 9.17) is 19.9 Å². The number of carbonyl (C=O) groups excluding carboxylic acids is 1. The Morgan fingerprint density at radius 3 is 1.83 bits per heavy atom. The van der Waals surface area contributed by atoms with E-state index < -0.39 is 6.29 Å². The van der Waals surface area contributed by atoms with Crippen LogP contribution in [0.25, 0.3) is 0 Å². The molecule has 0 spiro atoms. The summed E-state index contributed by atoms with van der Waals surface area (Å²) in [6, 6.07) is -0.356. The smallest absolute Gasteiger partial charge is 0.234 e. The standard InChI is InChI=1S/C8H18N2O4.2C2H6/c1-12-5-6(8(13-2)14-3)10-7(11)4-9;2*1-2/h6,8H,4-5,9H2,1-3H3,(H,10,11);2*1-2H3. The third kappa shape index (κ3) is 11.8. The molecule has 0 aromatic heterocycles. The van der Waals surface area contributed by atoms with Crippen LogP contribution in [0.5, 0.6) is 0 Å². The van der Waals surface area contributed by atoms with Crippen molar-refractivity contribution in [3.05, 3.63) is 0 Å². The summed E-state index contributed by atoms with van der Waals surface area (Å²) in [5, 5.41) is 2.63. The second-order valence-corrected chi connectivity index (χ2v) is 2.67. The van der Waals surface area contributed by atoms with Crippen LogP contribution in [0.3, 0.4) is 0 Å². The average Bonchev–Trinajstić information content (AvgIpc) is 2.44. The van der Waals surface area contributed by atoms with Gasteiger partial charge in [-0.3, -0.25) is 4.79 Å². The minimum Gasteiger partial charge on any atom is -0.382 e. The van der Waals surface area contributed by atoms with Gasteiger partial charge in [-0.15, -0.1) is 0 Å². The molecule has 6 nitrogen and oxygen atoms in total. The van der Waals surface area contributed by atoms with Crippen molar-refractivity contribution in [3.63, 3.8) is 0 Å². The molecule has 0 saturated carbocycles. The van der Waals surface area contributed by atoms with Crippen LogP contribution in [-0.2, 0) is 19.0 Å². The molecule has 0 bridgehead atoms. The lowest BCUT2D eigenvalue weighted by Gasteiger charge is -2.24. The van der Waals surface area contributed by atoms with Crippen LogP contribution in [0.4, 0.5) is 0 Å². The van der Waals surface area contributed by atoms with E-state index in [9.17, 15) is 4.79 Å². The Kier molecular flexibility index (Phi) is 23.3. The van der Waals surface area contributed by atoms with Crippen LogP contribution in [0, 0.1) is 0 Å². The molecule has 0 aromatic carbocycles. The van der Waals surface area contributed by atoms with Crippen LogP contribution >= 0.6 is 0 Å². The number of rotatable bonds is 7. The summed E-state index contributed by atoms with van der Waals surface area (Å²) in [7, 11) is 4.51. The Hall–Kier alpha value is -0.690. The third-order valence-corrected chi connectivity index (χ3v) is 1.67. The third-order valence-electron chi connectivity index (χ3n) is 1.67. The predicted molar refractivity (Wildman–Crippen MR) is 73.4 cm³/mol. The van der Waals surface area contributed by atoms with Crippen LogP contribution < -0.4 is 11.1 Å². The summed E-state index contributed by atoms with van der Waals surface area (Å²) in [5.74, 6) is -0.272. The van der Waals surface area contributed by atoms with Crippen molar-refractivity contribution in [1.82, 2.24) is 5.32 Å². The van der Waals surface area contributed by atoms with Gasteiger partial charge in [0.25, 0.3) is 0 Å². The lowest BCUT2D eigenvalue weighted by atomic mass is 10.3. The van der Waals surface area contributed by atoms with Crippen molar-refractivity contribution in [3.8, 4) is 0 Å². The lowest BCUT2D eigenvalue weighted by Crippen LogP contribution is -2.49. The molecule has 0 aliphatic rings. The molecule has 0 heterocycles. The molecule has 0 radical (unpaired) electrons. The van der Waals surface area contributed by atoms with Crippen molar-refractivity contribution in [2.45, 2.75) is 40.0 Å². The maximum atomic E-state index is 11.0. The number of nitrogens with one attached hydrogen (secondary N) is 1. The molecule has 0 aliphatic heterocycles. The SMILES string of the molecule is CC.CC.COCC(NC(=O)CN)C(OC)OC. The molecular weight excluding hydrogens is 236 g/mol. The van der Waals surface area contributed by atoms with Crippen molar-refractivity contribution in [2.24, 2.45) is 5.73 Å². The number of ether oxygens (including phenoxy) is 3. The second kappa shape index (κ2) is 18.7. The fourth-order valence-electron chi connectivity index (χ4n) is 1.06.